The van der Waals surface area contributed by atoms with Crippen LogP contribution in [0.3, 0.4) is 0 Å². The van der Waals surface area contributed by atoms with Crippen molar-refractivity contribution in [2.75, 3.05) is 11.1 Å². The Morgan fingerprint density at radius 3 is 3.00 bits per heavy atom. The first-order valence-electron chi connectivity index (χ1n) is 8.91. The summed E-state index contributed by atoms with van der Waals surface area (Å²) in [7, 11) is 0. The number of hydrogen-bond donors (Lipinski definition) is 4. The van der Waals surface area contributed by atoms with Crippen LogP contribution >= 0.6 is 11.8 Å². The van der Waals surface area contributed by atoms with Crippen molar-refractivity contribution in [3.8, 4) is 0 Å². The third-order valence-electron chi connectivity index (χ3n) is 4.47. The standard InChI is InChI=1S/C16H26N6O2S/c1-9(2)7-12-18-15(22-21-12)19-13(23)6-4-3-5-11-14-10(8-25-11)17-16(24)20-14/h9-11,14H,3-8H2,1-2H3,(H2,17,20,24)(H2,18,19,21,22,23)/t10-,11+,14-/m1/s1. The highest BCUT2D eigenvalue weighted by Gasteiger charge is 2.42. The zero-order valence-electron chi connectivity index (χ0n) is 14.7. The minimum atomic E-state index is -0.0529. The third-order valence-corrected chi connectivity index (χ3v) is 5.97. The van der Waals surface area contributed by atoms with Crippen molar-refractivity contribution in [3.63, 3.8) is 0 Å². The van der Waals surface area contributed by atoms with Crippen LogP contribution in [0.1, 0.15) is 45.4 Å². The predicted octanol–water partition coefficient (Wildman–Crippen LogP) is 1.67. The topological polar surface area (TPSA) is 112 Å². The van der Waals surface area contributed by atoms with Crippen LogP contribution in [0, 0.1) is 5.92 Å². The molecule has 1 aromatic heterocycles. The number of nitrogens with zero attached hydrogens (tertiary/aromatic N) is 2. The minimum absolute atomic E-state index is 0.0528. The second-order valence-electron chi connectivity index (χ2n) is 7.12. The molecule has 8 nitrogen and oxygen atoms in total. The number of urea groups is 1. The number of carbonyl (C=O) groups is 2. The highest BCUT2D eigenvalue weighted by atomic mass is 32.2. The molecule has 9 heteroatoms. The number of fused-ring (bicyclic) bond motifs is 1. The van der Waals surface area contributed by atoms with E-state index >= 15 is 0 Å². The summed E-state index contributed by atoms with van der Waals surface area (Å²) in [6.45, 7) is 4.22. The fraction of sp³-hybridized carbons (Fsp3) is 0.750. The van der Waals surface area contributed by atoms with Crippen molar-refractivity contribution in [1.82, 2.24) is 25.8 Å². The largest absolute Gasteiger partial charge is 0.332 e. The van der Waals surface area contributed by atoms with Crippen molar-refractivity contribution in [2.24, 2.45) is 5.92 Å². The van der Waals surface area contributed by atoms with Gasteiger partial charge in [0.05, 0.1) is 12.1 Å². The smallest absolute Gasteiger partial charge is 0.315 e. The van der Waals surface area contributed by atoms with Gasteiger partial charge in [-0.2, -0.15) is 16.7 Å². The quantitative estimate of drug-likeness (QED) is 0.413. The molecule has 2 aliphatic rings. The molecule has 0 aliphatic carbocycles. The number of rotatable bonds is 8. The molecule has 0 unspecified atom stereocenters. The Kier molecular flexibility index (Phi) is 5.82. The number of hydrogen-bond acceptors (Lipinski definition) is 5. The summed E-state index contributed by atoms with van der Waals surface area (Å²) in [4.78, 5) is 27.6. The Morgan fingerprint density at radius 2 is 2.20 bits per heavy atom. The highest BCUT2D eigenvalue weighted by molar-refractivity contribution is 8.00. The van der Waals surface area contributed by atoms with Crippen LogP contribution in [0.5, 0.6) is 0 Å². The molecule has 1 aromatic rings. The van der Waals surface area contributed by atoms with Crippen LogP contribution in [0.25, 0.3) is 0 Å². The average Bonchev–Trinajstić information content (AvgIpc) is 3.20. The molecule has 0 bridgehead atoms. The van der Waals surface area contributed by atoms with E-state index in [2.05, 4.69) is 45.0 Å². The molecule has 3 heterocycles. The number of thioether (sulfide) groups is 1. The van der Waals surface area contributed by atoms with Gasteiger partial charge in [-0.25, -0.2) is 4.79 Å². The van der Waals surface area contributed by atoms with Gasteiger partial charge in [0.1, 0.15) is 5.82 Å². The molecule has 4 N–H and O–H groups in total. The Morgan fingerprint density at radius 1 is 1.36 bits per heavy atom. The molecule has 2 fully saturated rings. The SMILES string of the molecule is CC(C)Cc1nc(NC(=O)CCCC[C@@H]2SC[C@H]3NC(=O)N[C@@H]23)n[nH]1. The summed E-state index contributed by atoms with van der Waals surface area (Å²) in [6, 6.07) is 0.443. The van der Waals surface area contributed by atoms with E-state index in [-0.39, 0.29) is 24.0 Å². The fourth-order valence-corrected chi connectivity index (χ4v) is 4.83. The fourth-order valence-electron chi connectivity index (χ4n) is 3.29. The van der Waals surface area contributed by atoms with Gasteiger partial charge in [0.2, 0.25) is 11.9 Å². The summed E-state index contributed by atoms with van der Waals surface area (Å²) in [6.07, 6.45) is 4.08. The summed E-state index contributed by atoms with van der Waals surface area (Å²) < 4.78 is 0. The molecule has 0 saturated carbocycles. The van der Waals surface area contributed by atoms with Gasteiger partial charge >= 0.3 is 6.03 Å². The number of nitrogens with one attached hydrogen (secondary N) is 4. The van der Waals surface area contributed by atoms with E-state index in [1.165, 1.54) is 0 Å². The maximum atomic E-state index is 12.0. The second kappa shape index (κ2) is 8.07. The number of H-pyrrole nitrogens is 1. The molecule has 138 valence electrons. The normalized spacial score (nSPS) is 24.9. The van der Waals surface area contributed by atoms with Gasteiger partial charge in [-0.15, -0.1) is 5.10 Å². The Bertz CT molecular complexity index is 620. The molecular formula is C16H26N6O2S. The zero-order valence-corrected chi connectivity index (χ0v) is 15.5. The zero-order chi connectivity index (χ0) is 17.8. The van der Waals surface area contributed by atoms with Crippen LogP contribution in [-0.2, 0) is 11.2 Å². The van der Waals surface area contributed by atoms with Gasteiger partial charge in [-0.05, 0) is 18.8 Å². The van der Waals surface area contributed by atoms with Crippen molar-refractivity contribution < 1.29 is 9.59 Å². The van der Waals surface area contributed by atoms with E-state index in [1.807, 2.05) is 11.8 Å². The van der Waals surface area contributed by atoms with Crippen molar-refractivity contribution >= 4 is 29.6 Å². The van der Waals surface area contributed by atoms with Gasteiger partial charge in [-0.3, -0.25) is 15.2 Å². The molecule has 2 aliphatic heterocycles. The third kappa shape index (κ3) is 4.87. The number of anilines is 1. The molecule has 3 amide bonds. The number of amides is 3. The lowest BCUT2D eigenvalue weighted by Gasteiger charge is -2.16. The molecule has 3 atom stereocenters. The lowest BCUT2D eigenvalue weighted by Crippen LogP contribution is -2.36. The second-order valence-corrected chi connectivity index (χ2v) is 8.39. The summed E-state index contributed by atoms with van der Waals surface area (Å²) in [5, 5.41) is 16.0. The van der Waals surface area contributed by atoms with Crippen LogP contribution in [0.4, 0.5) is 10.7 Å². The van der Waals surface area contributed by atoms with E-state index in [0.29, 0.717) is 23.5 Å². The Balaban J connectivity index is 1.33. The van der Waals surface area contributed by atoms with Crippen molar-refractivity contribution in [1.29, 1.82) is 0 Å². The van der Waals surface area contributed by atoms with Crippen molar-refractivity contribution in [2.45, 2.75) is 63.3 Å². The van der Waals surface area contributed by atoms with Gasteiger partial charge in [0, 0.05) is 23.8 Å². The maximum Gasteiger partial charge on any atom is 0.315 e. The summed E-state index contributed by atoms with van der Waals surface area (Å²) in [5.41, 5.74) is 0. The van der Waals surface area contributed by atoms with Gasteiger partial charge in [0.15, 0.2) is 0 Å². The van der Waals surface area contributed by atoms with Gasteiger partial charge in [0.25, 0.3) is 0 Å². The van der Waals surface area contributed by atoms with E-state index < -0.39 is 0 Å². The number of aromatic amines is 1. The average molecular weight is 366 g/mol. The first-order chi connectivity index (χ1) is 12.0. The molecule has 0 spiro atoms. The Labute approximate surface area is 151 Å². The van der Waals surface area contributed by atoms with Crippen molar-refractivity contribution in [3.05, 3.63) is 5.82 Å². The Hall–Kier alpha value is -1.77. The van der Waals surface area contributed by atoms with Crippen LogP contribution in [0.15, 0.2) is 0 Å². The molecule has 25 heavy (non-hydrogen) atoms. The molecule has 2 saturated heterocycles. The highest BCUT2D eigenvalue weighted by Crippen LogP contribution is 2.33. The van der Waals surface area contributed by atoms with Gasteiger partial charge < -0.3 is 10.6 Å². The minimum Gasteiger partial charge on any atom is -0.332 e. The van der Waals surface area contributed by atoms with E-state index in [0.717, 1.165) is 37.3 Å². The number of aromatic nitrogens is 3. The molecule has 0 aromatic carbocycles. The monoisotopic (exact) mass is 366 g/mol. The van der Waals surface area contributed by atoms with E-state index in [1.54, 1.807) is 0 Å². The molecule has 3 rings (SSSR count). The molecular weight excluding hydrogens is 340 g/mol. The van der Waals surface area contributed by atoms with Gasteiger partial charge in [-0.1, -0.05) is 20.3 Å². The van der Waals surface area contributed by atoms with Crippen LogP contribution in [-0.4, -0.2) is 50.2 Å². The number of carbonyl (C=O) groups excluding carboxylic acids is 2. The van der Waals surface area contributed by atoms with Crippen LogP contribution < -0.4 is 16.0 Å². The van der Waals surface area contributed by atoms with E-state index in [9.17, 15) is 9.59 Å². The van der Waals surface area contributed by atoms with E-state index in [4.69, 9.17) is 0 Å². The number of unbranched alkanes of at least 4 members (excludes halogenated alkanes) is 1. The first-order valence-corrected chi connectivity index (χ1v) is 9.96. The maximum absolute atomic E-state index is 12.0. The van der Waals surface area contributed by atoms with Crippen LogP contribution in [0.2, 0.25) is 0 Å². The first kappa shape index (κ1) is 18.0. The molecule has 0 radical (unpaired) electrons. The predicted molar refractivity (Wildman–Crippen MR) is 97.5 cm³/mol. The summed E-state index contributed by atoms with van der Waals surface area (Å²) in [5.74, 6) is 2.56. The lowest BCUT2D eigenvalue weighted by molar-refractivity contribution is -0.116. The summed E-state index contributed by atoms with van der Waals surface area (Å²) >= 11 is 1.90. The lowest BCUT2D eigenvalue weighted by atomic mass is 10.0.